The number of nitrogens with zero attached hydrogens (tertiary/aromatic N) is 1. The largest absolute Gasteiger partial charge is 0.285 e. The minimum atomic E-state index is -0.159. The van der Waals surface area contributed by atoms with Crippen molar-refractivity contribution < 1.29 is 9.59 Å². The average molecular weight is 267 g/mol. The van der Waals surface area contributed by atoms with Crippen molar-refractivity contribution in [1.29, 1.82) is 0 Å². The summed E-state index contributed by atoms with van der Waals surface area (Å²) in [6.45, 7) is 0. The zero-order chi connectivity index (χ0) is 14.1. The number of benzene rings is 1. The van der Waals surface area contributed by atoms with E-state index >= 15 is 0 Å². The topological polar surface area (TPSA) is 37.4 Å². The molecule has 0 bridgehead atoms. The zero-order valence-corrected chi connectivity index (χ0v) is 11.5. The molecular weight excluding hydrogens is 250 g/mol. The van der Waals surface area contributed by atoms with E-state index in [2.05, 4.69) is 18.2 Å². The quantitative estimate of drug-likeness (QED) is 0.772. The standard InChI is InChI=1S/C17H17NO2/c1-18-16(19)14-10-9-13(11-15(14)17(18)20)8-7-12-5-3-2-4-6-12/h2-9,14-15H,10-11H2,1H3/b8-7+/t14-,15+/m1/s1. The predicted octanol–water partition coefficient (Wildman–Crippen LogP) is 2.65. The third kappa shape index (κ3) is 2.20. The van der Waals surface area contributed by atoms with Gasteiger partial charge in [-0.3, -0.25) is 14.5 Å². The summed E-state index contributed by atoms with van der Waals surface area (Å²) in [5.41, 5.74) is 2.29. The molecule has 1 saturated heterocycles. The highest BCUT2D eigenvalue weighted by atomic mass is 16.2. The van der Waals surface area contributed by atoms with Crippen LogP contribution in [0.25, 0.3) is 6.08 Å². The Kier molecular flexibility index (Phi) is 3.26. The Bertz CT molecular complexity index is 601. The lowest BCUT2D eigenvalue weighted by molar-refractivity contribution is -0.138. The molecule has 1 aliphatic carbocycles. The molecular formula is C17H17NO2. The Morgan fingerprint density at radius 1 is 1.05 bits per heavy atom. The number of hydrogen-bond donors (Lipinski definition) is 0. The van der Waals surface area contributed by atoms with Crippen LogP contribution in [-0.2, 0) is 9.59 Å². The number of imide groups is 1. The van der Waals surface area contributed by atoms with Gasteiger partial charge in [0.2, 0.25) is 11.8 Å². The van der Waals surface area contributed by atoms with E-state index in [0.717, 1.165) is 11.1 Å². The van der Waals surface area contributed by atoms with Crippen molar-refractivity contribution in [3.63, 3.8) is 0 Å². The zero-order valence-electron chi connectivity index (χ0n) is 11.5. The lowest BCUT2D eigenvalue weighted by Crippen LogP contribution is -2.26. The number of likely N-dealkylation sites (tertiary alicyclic amines) is 1. The summed E-state index contributed by atoms with van der Waals surface area (Å²) >= 11 is 0. The maximum absolute atomic E-state index is 12.0. The van der Waals surface area contributed by atoms with Gasteiger partial charge in [-0.05, 0) is 18.4 Å². The van der Waals surface area contributed by atoms with Crippen molar-refractivity contribution in [2.24, 2.45) is 11.8 Å². The number of amides is 2. The molecule has 2 aliphatic rings. The van der Waals surface area contributed by atoms with Gasteiger partial charge < -0.3 is 0 Å². The highest BCUT2D eigenvalue weighted by molar-refractivity contribution is 6.05. The summed E-state index contributed by atoms with van der Waals surface area (Å²) in [5.74, 6) is -0.352. The average Bonchev–Trinajstić information content (AvgIpc) is 2.71. The summed E-state index contributed by atoms with van der Waals surface area (Å²) in [5, 5.41) is 0. The lowest BCUT2D eigenvalue weighted by Gasteiger charge is -2.19. The van der Waals surface area contributed by atoms with Crippen LogP contribution in [0.15, 0.2) is 48.1 Å². The number of carbonyl (C=O) groups excluding carboxylic acids is 2. The molecule has 3 nitrogen and oxygen atoms in total. The van der Waals surface area contributed by atoms with E-state index in [1.165, 1.54) is 4.90 Å². The predicted molar refractivity (Wildman–Crippen MR) is 77.6 cm³/mol. The Labute approximate surface area is 118 Å². The van der Waals surface area contributed by atoms with Crippen LogP contribution in [0.2, 0.25) is 0 Å². The second kappa shape index (κ2) is 5.08. The molecule has 20 heavy (non-hydrogen) atoms. The number of rotatable bonds is 2. The first-order valence-corrected chi connectivity index (χ1v) is 6.90. The van der Waals surface area contributed by atoms with Gasteiger partial charge in [0.25, 0.3) is 0 Å². The SMILES string of the molecule is CN1C(=O)[C@H]2CC(/C=C/c3ccccc3)=CC[C@H]2C1=O. The minimum absolute atomic E-state index is 0.0256. The number of allylic oxidation sites excluding steroid dienone is 3. The van der Waals surface area contributed by atoms with Crippen LogP contribution < -0.4 is 0 Å². The first-order valence-electron chi connectivity index (χ1n) is 6.90. The molecule has 0 unspecified atom stereocenters. The van der Waals surface area contributed by atoms with Crippen LogP contribution in [0.5, 0.6) is 0 Å². The molecule has 1 heterocycles. The van der Waals surface area contributed by atoms with Gasteiger partial charge in [0.15, 0.2) is 0 Å². The molecule has 2 amide bonds. The van der Waals surface area contributed by atoms with Crippen molar-refractivity contribution in [3.05, 3.63) is 53.6 Å². The third-order valence-corrected chi connectivity index (χ3v) is 4.16. The van der Waals surface area contributed by atoms with Gasteiger partial charge in [-0.1, -0.05) is 54.1 Å². The minimum Gasteiger partial charge on any atom is -0.285 e. The molecule has 0 N–H and O–H groups in total. The maximum atomic E-state index is 12.0. The molecule has 3 rings (SSSR count). The summed E-state index contributed by atoms with van der Waals surface area (Å²) in [6.07, 6.45) is 7.54. The Balaban J connectivity index is 1.75. The highest BCUT2D eigenvalue weighted by Gasteiger charge is 2.46. The number of carbonyl (C=O) groups is 2. The van der Waals surface area contributed by atoms with E-state index in [4.69, 9.17) is 0 Å². The van der Waals surface area contributed by atoms with E-state index in [1.807, 2.05) is 30.3 Å². The van der Waals surface area contributed by atoms with E-state index in [0.29, 0.717) is 12.8 Å². The molecule has 1 aromatic carbocycles. The fourth-order valence-corrected chi connectivity index (χ4v) is 2.96. The first kappa shape index (κ1) is 12.9. The molecule has 0 saturated carbocycles. The van der Waals surface area contributed by atoms with Crippen molar-refractivity contribution in [1.82, 2.24) is 4.90 Å². The molecule has 102 valence electrons. The van der Waals surface area contributed by atoms with Crippen molar-refractivity contribution in [2.45, 2.75) is 12.8 Å². The molecule has 1 aromatic rings. The van der Waals surface area contributed by atoms with Crippen molar-refractivity contribution in [2.75, 3.05) is 7.05 Å². The van der Waals surface area contributed by atoms with Crippen LogP contribution in [0.3, 0.4) is 0 Å². The van der Waals surface area contributed by atoms with E-state index in [1.54, 1.807) is 7.05 Å². The second-order valence-corrected chi connectivity index (χ2v) is 5.41. The van der Waals surface area contributed by atoms with Crippen LogP contribution in [0, 0.1) is 11.8 Å². The van der Waals surface area contributed by atoms with E-state index in [9.17, 15) is 9.59 Å². The second-order valence-electron chi connectivity index (χ2n) is 5.41. The van der Waals surface area contributed by atoms with Crippen molar-refractivity contribution in [3.8, 4) is 0 Å². The van der Waals surface area contributed by atoms with Crippen molar-refractivity contribution >= 4 is 17.9 Å². The van der Waals surface area contributed by atoms with Gasteiger partial charge >= 0.3 is 0 Å². The maximum Gasteiger partial charge on any atom is 0.233 e. The van der Waals surface area contributed by atoms with Gasteiger partial charge in [0, 0.05) is 7.05 Å². The third-order valence-electron chi connectivity index (χ3n) is 4.16. The Morgan fingerprint density at radius 3 is 2.50 bits per heavy atom. The fraction of sp³-hybridized carbons (Fsp3) is 0.294. The monoisotopic (exact) mass is 267 g/mol. The van der Waals surface area contributed by atoms with Gasteiger partial charge in [-0.25, -0.2) is 0 Å². The number of hydrogen-bond acceptors (Lipinski definition) is 2. The fourth-order valence-electron chi connectivity index (χ4n) is 2.96. The van der Waals surface area contributed by atoms with Crippen LogP contribution in [0.1, 0.15) is 18.4 Å². The summed E-state index contributed by atoms with van der Waals surface area (Å²) < 4.78 is 0. The van der Waals surface area contributed by atoms with Crippen LogP contribution in [0.4, 0.5) is 0 Å². The molecule has 2 atom stereocenters. The summed E-state index contributed by atoms with van der Waals surface area (Å²) in [4.78, 5) is 25.2. The van der Waals surface area contributed by atoms with E-state index < -0.39 is 0 Å². The normalized spacial score (nSPS) is 26.1. The molecule has 0 radical (unpaired) electrons. The van der Waals surface area contributed by atoms with Gasteiger partial charge in [-0.2, -0.15) is 0 Å². The van der Waals surface area contributed by atoms with Gasteiger partial charge in [0.05, 0.1) is 11.8 Å². The summed E-state index contributed by atoms with van der Waals surface area (Å²) in [6, 6.07) is 10.1. The van der Waals surface area contributed by atoms with Gasteiger partial charge in [-0.15, -0.1) is 0 Å². The Hall–Kier alpha value is -2.16. The lowest BCUT2D eigenvalue weighted by atomic mass is 9.81. The molecule has 1 fully saturated rings. The Morgan fingerprint density at radius 2 is 1.75 bits per heavy atom. The smallest absolute Gasteiger partial charge is 0.233 e. The molecule has 0 spiro atoms. The summed E-state index contributed by atoms with van der Waals surface area (Å²) in [7, 11) is 1.59. The molecule has 0 aromatic heterocycles. The van der Waals surface area contributed by atoms with Gasteiger partial charge in [0.1, 0.15) is 0 Å². The highest BCUT2D eigenvalue weighted by Crippen LogP contribution is 2.37. The van der Waals surface area contributed by atoms with Crippen LogP contribution >= 0.6 is 0 Å². The molecule has 3 heteroatoms. The van der Waals surface area contributed by atoms with E-state index in [-0.39, 0.29) is 23.7 Å². The molecule has 1 aliphatic heterocycles. The first-order chi connectivity index (χ1) is 9.66. The van der Waals surface area contributed by atoms with Crippen LogP contribution in [-0.4, -0.2) is 23.8 Å². The number of fused-ring (bicyclic) bond motifs is 1.